The summed E-state index contributed by atoms with van der Waals surface area (Å²) in [5.41, 5.74) is -0.386. The molecule has 0 heterocycles. The Morgan fingerprint density at radius 2 is 2.00 bits per heavy atom. The molecule has 3 nitrogen and oxygen atoms in total. The molecule has 0 bridgehead atoms. The summed E-state index contributed by atoms with van der Waals surface area (Å²) in [6, 6.07) is 3.14. The Bertz CT molecular complexity index is 500. The van der Waals surface area contributed by atoms with E-state index in [1.54, 1.807) is 14.1 Å². The Morgan fingerprint density at radius 3 is 2.48 bits per heavy atom. The fourth-order valence-electron chi connectivity index (χ4n) is 2.12. The molecule has 1 atom stereocenters. The highest BCUT2D eigenvalue weighted by Gasteiger charge is 2.32. The van der Waals surface area contributed by atoms with Gasteiger partial charge in [-0.25, -0.2) is 0 Å². The van der Waals surface area contributed by atoms with Crippen LogP contribution in [0.4, 0.5) is 18.9 Å². The normalized spacial score (nSPS) is 12.9. The summed E-state index contributed by atoms with van der Waals surface area (Å²) in [5.74, 6) is -0.411. The maximum Gasteiger partial charge on any atom is 0.416 e. The molecular weight excluding hydrogens is 281 g/mol. The molecule has 1 N–H and O–H groups in total. The number of alkyl halides is 3. The van der Waals surface area contributed by atoms with E-state index >= 15 is 0 Å². The predicted octanol–water partition coefficient (Wildman–Crippen LogP) is 4.01. The van der Waals surface area contributed by atoms with E-state index in [0.717, 1.165) is 25.0 Å². The number of halogens is 3. The molecule has 1 aromatic carbocycles. The van der Waals surface area contributed by atoms with Gasteiger partial charge >= 0.3 is 6.18 Å². The van der Waals surface area contributed by atoms with E-state index < -0.39 is 17.6 Å². The van der Waals surface area contributed by atoms with Crippen LogP contribution in [0, 0.1) is 0 Å². The first-order chi connectivity index (χ1) is 9.72. The number of anilines is 1. The van der Waals surface area contributed by atoms with Crippen molar-refractivity contribution in [3.63, 3.8) is 0 Å². The average Bonchev–Trinajstić information content (AvgIpc) is 2.44. The van der Waals surface area contributed by atoms with E-state index in [1.165, 1.54) is 11.0 Å². The van der Waals surface area contributed by atoms with Gasteiger partial charge in [-0.3, -0.25) is 4.79 Å². The van der Waals surface area contributed by atoms with Crippen LogP contribution in [0.1, 0.15) is 42.6 Å². The lowest BCUT2D eigenvalue weighted by Crippen LogP contribution is -2.35. The predicted molar refractivity (Wildman–Crippen MR) is 77.5 cm³/mol. The van der Waals surface area contributed by atoms with Gasteiger partial charge in [0.15, 0.2) is 0 Å². The fourth-order valence-corrected chi connectivity index (χ4v) is 2.12. The van der Waals surface area contributed by atoms with E-state index in [2.05, 4.69) is 5.32 Å². The zero-order valence-electron chi connectivity index (χ0n) is 12.7. The number of benzene rings is 1. The van der Waals surface area contributed by atoms with Crippen LogP contribution in [0.15, 0.2) is 18.2 Å². The number of nitrogens with zero attached hydrogens (tertiary/aromatic N) is 1. The van der Waals surface area contributed by atoms with E-state index in [4.69, 9.17) is 0 Å². The topological polar surface area (TPSA) is 32.3 Å². The van der Waals surface area contributed by atoms with Crippen molar-refractivity contribution >= 4 is 11.6 Å². The zero-order chi connectivity index (χ0) is 16.2. The van der Waals surface area contributed by atoms with Gasteiger partial charge in [-0.05, 0) is 31.5 Å². The van der Waals surface area contributed by atoms with Crippen molar-refractivity contribution in [1.29, 1.82) is 0 Å². The molecule has 6 heteroatoms. The highest BCUT2D eigenvalue weighted by molar-refractivity contribution is 5.99. The molecule has 0 fully saturated rings. The van der Waals surface area contributed by atoms with E-state index in [-0.39, 0.29) is 11.6 Å². The molecule has 0 saturated carbocycles. The van der Waals surface area contributed by atoms with Crippen molar-refractivity contribution < 1.29 is 18.0 Å². The van der Waals surface area contributed by atoms with Crippen LogP contribution in [0.5, 0.6) is 0 Å². The van der Waals surface area contributed by atoms with Gasteiger partial charge in [0.2, 0.25) is 0 Å². The summed E-state index contributed by atoms with van der Waals surface area (Å²) in [6.45, 7) is 3.88. The number of amides is 1. The van der Waals surface area contributed by atoms with Gasteiger partial charge in [-0.1, -0.05) is 13.3 Å². The van der Waals surface area contributed by atoms with E-state index in [1.807, 2.05) is 13.8 Å². The number of carbonyl (C=O) groups is 1. The van der Waals surface area contributed by atoms with Crippen molar-refractivity contribution in [2.45, 2.75) is 38.9 Å². The number of rotatable bonds is 5. The van der Waals surface area contributed by atoms with E-state index in [9.17, 15) is 18.0 Å². The standard InChI is InChI=1S/C15H21F3N2O/c1-5-6-10(2)20(4)14(21)12-9-11(15(16,17)18)7-8-13(12)19-3/h7-10,19H,5-6H2,1-4H3. The molecule has 118 valence electrons. The summed E-state index contributed by atoms with van der Waals surface area (Å²) in [6.07, 6.45) is -2.76. The summed E-state index contributed by atoms with van der Waals surface area (Å²) >= 11 is 0. The molecule has 0 spiro atoms. The Kier molecular flexibility index (Phi) is 5.63. The molecule has 1 aromatic rings. The van der Waals surface area contributed by atoms with Crippen LogP contribution in [-0.4, -0.2) is 30.9 Å². The van der Waals surface area contributed by atoms with Crippen molar-refractivity contribution in [2.24, 2.45) is 0 Å². The van der Waals surface area contributed by atoms with Gasteiger partial charge in [-0.2, -0.15) is 13.2 Å². The third-order valence-corrected chi connectivity index (χ3v) is 3.53. The van der Waals surface area contributed by atoms with Crippen LogP contribution in [-0.2, 0) is 6.18 Å². The number of hydrogen-bond donors (Lipinski definition) is 1. The minimum Gasteiger partial charge on any atom is -0.387 e. The van der Waals surface area contributed by atoms with Crippen LogP contribution >= 0.6 is 0 Å². The third-order valence-electron chi connectivity index (χ3n) is 3.53. The van der Waals surface area contributed by atoms with Crippen LogP contribution in [0.25, 0.3) is 0 Å². The Hall–Kier alpha value is -1.72. The van der Waals surface area contributed by atoms with Gasteiger partial charge in [0.05, 0.1) is 11.1 Å². The third kappa shape index (κ3) is 4.12. The number of hydrogen-bond acceptors (Lipinski definition) is 2. The van der Waals surface area contributed by atoms with Crippen molar-refractivity contribution in [3.05, 3.63) is 29.3 Å². The average molecular weight is 302 g/mol. The fraction of sp³-hybridized carbons (Fsp3) is 0.533. The summed E-state index contributed by atoms with van der Waals surface area (Å²) in [4.78, 5) is 13.9. The molecule has 0 saturated heterocycles. The smallest absolute Gasteiger partial charge is 0.387 e. The lowest BCUT2D eigenvalue weighted by molar-refractivity contribution is -0.137. The second-order valence-corrected chi connectivity index (χ2v) is 5.06. The maximum atomic E-state index is 12.8. The van der Waals surface area contributed by atoms with Gasteiger partial charge in [0.25, 0.3) is 5.91 Å². The first kappa shape index (κ1) is 17.3. The maximum absolute atomic E-state index is 12.8. The first-order valence-electron chi connectivity index (χ1n) is 6.88. The molecule has 21 heavy (non-hydrogen) atoms. The molecule has 0 aliphatic rings. The molecule has 1 unspecified atom stereocenters. The summed E-state index contributed by atoms with van der Waals surface area (Å²) < 4.78 is 38.4. The second kappa shape index (κ2) is 6.83. The van der Waals surface area contributed by atoms with Crippen molar-refractivity contribution in [1.82, 2.24) is 4.90 Å². The second-order valence-electron chi connectivity index (χ2n) is 5.06. The minimum absolute atomic E-state index is 0.0262. The molecule has 0 radical (unpaired) electrons. The lowest BCUT2D eigenvalue weighted by atomic mass is 10.1. The minimum atomic E-state index is -4.46. The van der Waals surface area contributed by atoms with Crippen molar-refractivity contribution in [2.75, 3.05) is 19.4 Å². The molecular formula is C15H21F3N2O. The van der Waals surface area contributed by atoms with Gasteiger partial charge in [0.1, 0.15) is 0 Å². The van der Waals surface area contributed by atoms with Gasteiger partial charge in [-0.15, -0.1) is 0 Å². The summed E-state index contributed by atoms with van der Waals surface area (Å²) in [7, 11) is 3.19. The van der Waals surface area contributed by atoms with Crippen LogP contribution in [0.2, 0.25) is 0 Å². The molecule has 1 amide bonds. The van der Waals surface area contributed by atoms with Crippen LogP contribution in [0.3, 0.4) is 0 Å². The summed E-state index contributed by atoms with van der Waals surface area (Å²) in [5, 5.41) is 2.77. The monoisotopic (exact) mass is 302 g/mol. The zero-order valence-corrected chi connectivity index (χ0v) is 12.7. The molecule has 0 aliphatic carbocycles. The molecule has 1 rings (SSSR count). The van der Waals surface area contributed by atoms with Crippen LogP contribution < -0.4 is 5.32 Å². The molecule has 0 aromatic heterocycles. The molecule has 0 aliphatic heterocycles. The largest absolute Gasteiger partial charge is 0.416 e. The highest BCUT2D eigenvalue weighted by Crippen LogP contribution is 2.32. The van der Waals surface area contributed by atoms with Gasteiger partial charge in [0, 0.05) is 25.8 Å². The SMILES string of the molecule is CCCC(C)N(C)C(=O)c1cc(C(F)(F)F)ccc1NC. The highest BCUT2D eigenvalue weighted by atomic mass is 19.4. The van der Waals surface area contributed by atoms with Crippen molar-refractivity contribution in [3.8, 4) is 0 Å². The lowest BCUT2D eigenvalue weighted by Gasteiger charge is -2.26. The van der Waals surface area contributed by atoms with Gasteiger partial charge < -0.3 is 10.2 Å². The Balaban J connectivity index is 3.17. The number of nitrogens with one attached hydrogen (secondary N) is 1. The van der Waals surface area contributed by atoms with E-state index in [0.29, 0.717) is 5.69 Å². The number of carbonyl (C=O) groups excluding carboxylic acids is 1. The Morgan fingerprint density at radius 1 is 1.38 bits per heavy atom. The first-order valence-corrected chi connectivity index (χ1v) is 6.88. The quantitative estimate of drug-likeness (QED) is 0.891. The Labute approximate surface area is 123 Å².